The number of aromatic amines is 1. The minimum absolute atomic E-state index is 0.169. The quantitative estimate of drug-likeness (QED) is 0.324. The number of hydrogen-bond acceptors (Lipinski definition) is 9. The zero-order chi connectivity index (χ0) is 16.9. The van der Waals surface area contributed by atoms with E-state index in [0.29, 0.717) is 0 Å². The summed E-state index contributed by atoms with van der Waals surface area (Å²) in [6, 6.07) is 0. The molecule has 0 saturated carbocycles. The van der Waals surface area contributed by atoms with Crippen molar-refractivity contribution in [3.8, 4) is 0 Å². The van der Waals surface area contributed by atoms with Crippen molar-refractivity contribution in [2.24, 2.45) is 5.73 Å². The lowest BCUT2D eigenvalue weighted by molar-refractivity contribution is -0.172. The molecule has 1 aliphatic heterocycles. The summed E-state index contributed by atoms with van der Waals surface area (Å²) >= 11 is 0. The highest BCUT2D eigenvalue weighted by Gasteiger charge is 2.60. The fraction of sp³-hybridized carbons (Fsp3) is 0.455. The number of aliphatic hydroxyl groups is 3. The number of ether oxygens (including phenoxy) is 1. The van der Waals surface area contributed by atoms with Crippen LogP contribution in [0.1, 0.15) is 0 Å². The van der Waals surface area contributed by atoms with E-state index in [9.17, 15) is 24.9 Å². The maximum Gasteiger partial charge on any atom is 0.280 e. The highest BCUT2D eigenvalue weighted by Crippen LogP contribution is 2.37. The summed E-state index contributed by atoms with van der Waals surface area (Å²) in [5.74, 6) is -1.42. The van der Waals surface area contributed by atoms with Gasteiger partial charge >= 0.3 is 0 Å². The predicted molar refractivity (Wildman–Crippen MR) is 73.7 cm³/mol. The lowest BCUT2D eigenvalue weighted by Gasteiger charge is -2.30. The Hall–Kier alpha value is -2.54. The third-order valence-electron chi connectivity index (χ3n) is 3.75. The molecule has 23 heavy (non-hydrogen) atoms. The number of anilines is 1. The molecule has 4 atom stereocenters. The molecule has 0 spiro atoms. The molecule has 1 aliphatic rings. The average molecular weight is 326 g/mol. The van der Waals surface area contributed by atoms with Gasteiger partial charge in [0.1, 0.15) is 24.6 Å². The molecule has 1 fully saturated rings. The molecule has 2 aromatic heterocycles. The van der Waals surface area contributed by atoms with E-state index < -0.39 is 42.1 Å². The molecule has 1 amide bonds. The number of rotatable bonds is 3. The summed E-state index contributed by atoms with van der Waals surface area (Å²) in [6.45, 7) is -0.671. The van der Waals surface area contributed by atoms with Gasteiger partial charge < -0.3 is 31.5 Å². The standard InChI is InChI=1S/C11H14N6O6/c12-9(22)11(6(20)5(19)3(1-18)23-11)17-2-14-4-7(17)15-10(13)16-8(4)21/h2-3,5-6,18-20H,1H2,(H2,12,22)(H3,13,15,16,21)/t3-,5-,6-,11+/m1/s1. The summed E-state index contributed by atoms with van der Waals surface area (Å²) in [7, 11) is 0. The second-order valence-electron chi connectivity index (χ2n) is 5.07. The number of nitrogens with two attached hydrogens (primary N) is 2. The smallest absolute Gasteiger partial charge is 0.280 e. The Morgan fingerprint density at radius 1 is 1.52 bits per heavy atom. The number of aromatic nitrogens is 4. The van der Waals surface area contributed by atoms with Gasteiger partial charge in [0.05, 0.1) is 6.61 Å². The number of H-pyrrole nitrogens is 1. The van der Waals surface area contributed by atoms with Crippen molar-refractivity contribution < 1.29 is 24.9 Å². The summed E-state index contributed by atoms with van der Waals surface area (Å²) in [5, 5.41) is 29.4. The molecule has 0 aliphatic carbocycles. The van der Waals surface area contributed by atoms with Gasteiger partial charge in [0.25, 0.3) is 17.2 Å². The molecule has 1 saturated heterocycles. The molecule has 0 unspecified atom stereocenters. The second kappa shape index (κ2) is 4.99. The molecule has 3 heterocycles. The number of primary amides is 1. The van der Waals surface area contributed by atoms with E-state index in [-0.39, 0.29) is 17.1 Å². The fourth-order valence-electron chi connectivity index (χ4n) is 2.64. The molecule has 0 aromatic carbocycles. The van der Waals surface area contributed by atoms with Gasteiger partial charge in [-0.3, -0.25) is 19.1 Å². The Bertz CT molecular complexity index is 832. The Kier molecular flexibility index (Phi) is 3.33. The number of imidazole rings is 1. The Morgan fingerprint density at radius 2 is 2.22 bits per heavy atom. The number of nitrogens with one attached hydrogen (secondary N) is 1. The molecular formula is C11H14N6O6. The Morgan fingerprint density at radius 3 is 2.78 bits per heavy atom. The van der Waals surface area contributed by atoms with E-state index >= 15 is 0 Å². The number of fused-ring (bicyclic) bond motifs is 1. The first kappa shape index (κ1) is 15.4. The van der Waals surface area contributed by atoms with Crippen LogP contribution in [0.3, 0.4) is 0 Å². The van der Waals surface area contributed by atoms with E-state index in [1.165, 1.54) is 0 Å². The van der Waals surface area contributed by atoms with Crippen LogP contribution in [0.15, 0.2) is 11.1 Å². The highest BCUT2D eigenvalue weighted by atomic mass is 16.6. The summed E-state index contributed by atoms with van der Waals surface area (Å²) in [5.41, 5.74) is 7.51. The van der Waals surface area contributed by atoms with Gasteiger partial charge in [-0.25, -0.2) is 4.98 Å². The minimum atomic E-state index is -2.30. The fourth-order valence-corrected chi connectivity index (χ4v) is 2.64. The van der Waals surface area contributed by atoms with E-state index in [0.717, 1.165) is 10.9 Å². The molecule has 124 valence electrons. The van der Waals surface area contributed by atoms with Crippen LogP contribution < -0.4 is 17.0 Å². The van der Waals surface area contributed by atoms with Crippen LogP contribution in [0.4, 0.5) is 5.95 Å². The Labute approximate surface area is 127 Å². The van der Waals surface area contributed by atoms with Gasteiger partial charge in [0.15, 0.2) is 11.2 Å². The minimum Gasteiger partial charge on any atom is -0.394 e. The zero-order valence-corrected chi connectivity index (χ0v) is 11.6. The molecule has 3 rings (SSSR count). The maximum atomic E-state index is 12.0. The van der Waals surface area contributed by atoms with E-state index in [2.05, 4.69) is 15.0 Å². The van der Waals surface area contributed by atoms with Crippen molar-refractivity contribution >= 4 is 23.0 Å². The Balaban J connectivity index is 2.29. The van der Waals surface area contributed by atoms with Crippen molar-refractivity contribution in [1.82, 2.24) is 19.5 Å². The van der Waals surface area contributed by atoms with E-state index in [4.69, 9.17) is 16.2 Å². The number of hydrogen-bond donors (Lipinski definition) is 6. The van der Waals surface area contributed by atoms with Gasteiger partial charge in [0, 0.05) is 0 Å². The van der Waals surface area contributed by atoms with Crippen LogP contribution in [0.25, 0.3) is 11.2 Å². The molecule has 0 bridgehead atoms. The topological polar surface area (TPSA) is 203 Å². The van der Waals surface area contributed by atoms with Gasteiger partial charge in [0.2, 0.25) is 5.95 Å². The summed E-state index contributed by atoms with van der Waals surface area (Å²) in [6.07, 6.45) is -3.68. The first-order chi connectivity index (χ1) is 10.8. The van der Waals surface area contributed by atoms with Gasteiger partial charge in [-0.1, -0.05) is 0 Å². The first-order valence-corrected chi connectivity index (χ1v) is 6.51. The number of amides is 1. The second-order valence-corrected chi connectivity index (χ2v) is 5.07. The van der Waals surface area contributed by atoms with Gasteiger partial charge in [-0.05, 0) is 0 Å². The van der Waals surface area contributed by atoms with Crippen LogP contribution in [0, 0.1) is 0 Å². The van der Waals surface area contributed by atoms with Crippen LogP contribution in [-0.2, 0) is 15.3 Å². The third-order valence-corrected chi connectivity index (χ3v) is 3.75. The average Bonchev–Trinajstić information content (AvgIpc) is 3.01. The van der Waals surface area contributed by atoms with E-state index in [1.807, 2.05) is 0 Å². The molecule has 0 radical (unpaired) electrons. The number of nitrogens with zero attached hydrogens (tertiary/aromatic N) is 3. The lowest BCUT2D eigenvalue weighted by Crippen LogP contribution is -2.54. The maximum absolute atomic E-state index is 12.0. The molecule has 12 heteroatoms. The summed E-state index contributed by atoms with van der Waals surface area (Å²) < 4.78 is 6.24. The van der Waals surface area contributed by atoms with Gasteiger partial charge in [-0.2, -0.15) is 4.98 Å². The summed E-state index contributed by atoms with van der Waals surface area (Å²) in [4.78, 5) is 33.7. The van der Waals surface area contributed by atoms with Crippen molar-refractivity contribution in [3.05, 3.63) is 16.7 Å². The normalized spacial score (nSPS) is 30.8. The predicted octanol–water partition coefficient (Wildman–Crippen LogP) is -4.05. The first-order valence-electron chi connectivity index (χ1n) is 6.51. The van der Waals surface area contributed by atoms with Crippen molar-refractivity contribution in [2.75, 3.05) is 12.3 Å². The molecule has 8 N–H and O–H groups in total. The number of carbonyl (C=O) groups excluding carboxylic acids is 1. The van der Waals surface area contributed by atoms with Crippen molar-refractivity contribution in [2.45, 2.75) is 24.0 Å². The van der Waals surface area contributed by atoms with Crippen molar-refractivity contribution in [3.63, 3.8) is 0 Å². The number of nitrogen functional groups attached to an aromatic ring is 1. The highest BCUT2D eigenvalue weighted by molar-refractivity contribution is 5.85. The van der Waals surface area contributed by atoms with Crippen LogP contribution >= 0.6 is 0 Å². The number of carbonyl (C=O) groups is 1. The van der Waals surface area contributed by atoms with Crippen LogP contribution in [0.2, 0.25) is 0 Å². The monoisotopic (exact) mass is 326 g/mol. The zero-order valence-electron chi connectivity index (χ0n) is 11.6. The van der Waals surface area contributed by atoms with Crippen molar-refractivity contribution in [1.29, 1.82) is 0 Å². The van der Waals surface area contributed by atoms with Crippen LogP contribution in [-0.4, -0.2) is 65.7 Å². The largest absolute Gasteiger partial charge is 0.394 e. The molecule has 2 aromatic rings. The SMILES string of the molecule is NC(=O)[C@@]1(n2cnc3c(=O)[nH]c(N)nc32)O[C@H](CO)[C@@H](O)[C@H]1O. The molecule has 12 nitrogen and oxygen atoms in total. The van der Waals surface area contributed by atoms with E-state index in [1.54, 1.807) is 0 Å². The molecular weight excluding hydrogens is 312 g/mol. The number of aliphatic hydroxyl groups excluding tert-OH is 3. The van der Waals surface area contributed by atoms with Crippen LogP contribution in [0.5, 0.6) is 0 Å². The third kappa shape index (κ3) is 1.93. The lowest BCUT2D eigenvalue weighted by atomic mass is 10.0. The van der Waals surface area contributed by atoms with Gasteiger partial charge in [-0.15, -0.1) is 0 Å².